The summed E-state index contributed by atoms with van der Waals surface area (Å²) in [5.41, 5.74) is 3.82. The first-order chi connectivity index (χ1) is 14.8. The van der Waals surface area contributed by atoms with Gasteiger partial charge in [0, 0.05) is 43.6 Å². The molecule has 1 N–H and O–H groups in total. The van der Waals surface area contributed by atoms with Crippen molar-refractivity contribution in [2.45, 2.75) is 18.1 Å². The number of hydrogen-bond donors (Lipinski definition) is 1. The summed E-state index contributed by atoms with van der Waals surface area (Å²) in [7, 11) is 0. The third-order valence-corrected chi connectivity index (χ3v) is 6.91. The molecule has 30 heavy (non-hydrogen) atoms. The second-order valence-corrected chi connectivity index (χ2v) is 9.12. The SMILES string of the molecule is O=C(CSc1nnc2c(n1)[nH]c1ccccc12)N1CCCN(Cc2ccsc2)CC1. The Morgan fingerprint density at radius 1 is 1.13 bits per heavy atom. The van der Waals surface area contributed by atoms with Crippen LogP contribution in [0, 0.1) is 0 Å². The number of nitrogens with zero attached hydrogens (tertiary/aromatic N) is 5. The summed E-state index contributed by atoms with van der Waals surface area (Å²) in [5.74, 6) is 0.468. The molecule has 1 aliphatic heterocycles. The van der Waals surface area contributed by atoms with Crippen molar-refractivity contribution in [3.05, 3.63) is 46.7 Å². The maximum atomic E-state index is 12.8. The van der Waals surface area contributed by atoms with Gasteiger partial charge in [-0.25, -0.2) is 4.98 Å². The number of H-pyrrole nitrogens is 1. The van der Waals surface area contributed by atoms with Crippen LogP contribution < -0.4 is 0 Å². The number of thiophene rings is 1. The van der Waals surface area contributed by atoms with E-state index in [9.17, 15) is 4.79 Å². The van der Waals surface area contributed by atoms with E-state index in [1.54, 1.807) is 11.3 Å². The molecule has 4 aromatic rings. The van der Waals surface area contributed by atoms with Crippen molar-refractivity contribution in [2.24, 2.45) is 0 Å². The van der Waals surface area contributed by atoms with E-state index >= 15 is 0 Å². The molecule has 1 fully saturated rings. The molecule has 0 spiro atoms. The van der Waals surface area contributed by atoms with Gasteiger partial charge in [-0.15, -0.1) is 10.2 Å². The van der Waals surface area contributed by atoms with Gasteiger partial charge in [0.05, 0.1) is 5.75 Å². The van der Waals surface area contributed by atoms with Crippen molar-refractivity contribution >= 4 is 51.1 Å². The van der Waals surface area contributed by atoms with E-state index in [4.69, 9.17) is 0 Å². The molecular weight excluding hydrogens is 416 g/mol. The predicted octanol–water partition coefficient (Wildman–Crippen LogP) is 3.39. The Bertz CT molecular complexity index is 1160. The zero-order chi connectivity index (χ0) is 20.3. The van der Waals surface area contributed by atoms with Crippen LogP contribution in [-0.4, -0.2) is 67.8 Å². The second-order valence-electron chi connectivity index (χ2n) is 7.39. The lowest BCUT2D eigenvalue weighted by atomic mass is 10.2. The Morgan fingerprint density at radius 3 is 2.97 bits per heavy atom. The lowest BCUT2D eigenvalue weighted by Crippen LogP contribution is -2.36. The molecule has 0 unspecified atom stereocenters. The zero-order valence-corrected chi connectivity index (χ0v) is 18.1. The number of amides is 1. The van der Waals surface area contributed by atoms with Crippen molar-refractivity contribution in [1.29, 1.82) is 0 Å². The fourth-order valence-corrected chi connectivity index (χ4v) is 5.15. The summed E-state index contributed by atoms with van der Waals surface area (Å²) < 4.78 is 0. The third kappa shape index (κ3) is 4.19. The van der Waals surface area contributed by atoms with Gasteiger partial charge in [0.25, 0.3) is 0 Å². The summed E-state index contributed by atoms with van der Waals surface area (Å²) in [4.78, 5) is 25.0. The molecule has 1 aromatic carbocycles. The summed E-state index contributed by atoms with van der Waals surface area (Å²) in [6, 6.07) is 10.1. The molecule has 1 amide bonds. The summed E-state index contributed by atoms with van der Waals surface area (Å²) in [6.45, 7) is 4.47. The standard InChI is InChI=1S/C21H22N6OS2/c28-18(27-8-3-7-26(9-10-27)12-15-6-11-29-13-15)14-30-21-23-20-19(24-25-21)16-4-1-2-5-17(16)22-20/h1-2,4-6,11,13H,3,7-10,12,14H2,(H,22,23,25). The Balaban J connectivity index is 1.19. The third-order valence-electron chi connectivity index (χ3n) is 5.35. The molecule has 9 heteroatoms. The number of benzene rings is 1. The molecule has 0 saturated carbocycles. The molecule has 0 aliphatic carbocycles. The van der Waals surface area contributed by atoms with Crippen molar-refractivity contribution in [1.82, 2.24) is 30.0 Å². The molecule has 0 bridgehead atoms. The van der Waals surface area contributed by atoms with Crippen LogP contribution in [0.3, 0.4) is 0 Å². The van der Waals surface area contributed by atoms with E-state index in [1.807, 2.05) is 29.2 Å². The number of rotatable bonds is 5. The number of nitrogens with one attached hydrogen (secondary N) is 1. The fourth-order valence-electron chi connectivity index (χ4n) is 3.80. The van der Waals surface area contributed by atoms with E-state index in [1.165, 1.54) is 17.3 Å². The monoisotopic (exact) mass is 438 g/mol. The van der Waals surface area contributed by atoms with Gasteiger partial charge in [-0.05, 0) is 34.9 Å². The number of aromatic amines is 1. The van der Waals surface area contributed by atoms with E-state index in [-0.39, 0.29) is 5.91 Å². The van der Waals surface area contributed by atoms with Gasteiger partial charge in [0.15, 0.2) is 5.65 Å². The maximum absolute atomic E-state index is 12.8. The molecule has 3 aromatic heterocycles. The largest absolute Gasteiger partial charge is 0.341 e. The molecule has 0 atom stereocenters. The average Bonchev–Trinajstić information content (AvgIpc) is 3.34. The van der Waals surface area contributed by atoms with Crippen molar-refractivity contribution in [3.8, 4) is 0 Å². The van der Waals surface area contributed by atoms with Crippen molar-refractivity contribution in [3.63, 3.8) is 0 Å². The normalized spacial score (nSPS) is 15.7. The minimum absolute atomic E-state index is 0.137. The Labute approximate surface area is 182 Å². The molecule has 1 saturated heterocycles. The van der Waals surface area contributed by atoms with Crippen molar-refractivity contribution < 1.29 is 4.79 Å². The molecule has 5 rings (SSSR count). The van der Waals surface area contributed by atoms with Crippen LogP contribution >= 0.6 is 23.1 Å². The van der Waals surface area contributed by atoms with Gasteiger partial charge >= 0.3 is 0 Å². The summed E-state index contributed by atoms with van der Waals surface area (Å²) in [5, 5.41) is 14.4. The number of para-hydroxylation sites is 1. The maximum Gasteiger partial charge on any atom is 0.233 e. The molecule has 0 radical (unpaired) electrons. The van der Waals surface area contributed by atoms with Gasteiger partial charge in [-0.2, -0.15) is 11.3 Å². The zero-order valence-electron chi connectivity index (χ0n) is 16.5. The lowest BCUT2D eigenvalue weighted by Gasteiger charge is -2.21. The first-order valence-corrected chi connectivity index (χ1v) is 11.9. The molecular formula is C21H22N6OS2. The van der Waals surface area contributed by atoms with Gasteiger partial charge in [-0.3, -0.25) is 9.69 Å². The van der Waals surface area contributed by atoms with E-state index in [0.717, 1.165) is 55.6 Å². The summed E-state index contributed by atoms with van der Waals surface area (Å²) >= 11 is 3.08. The molecule has 1 aliphatic rings. The van der Waals surface area contributed by atoms with Crippen LogP contribution in [0.5, 0.6) is 0 Å². The highest BCUT2D eigenvalue weighted by molar-refractivity contribution is 7.99. The van der Waals surface area contributed by atoms with Gasteiger partial charge in [0.2, 0.25) is 11.1 Å². The van der Waals surface area contributed by atoms with Crippen LogP contribution in [0.1, 0.15) is 12.0 Å². The van der Waals surface area contributed by atoms with Crippen LogP contribution in [0.25, 0.3) is 22.1 Å². The van der Waals surface area contributed by atoms with Crippen molar-refractivity contribution in [2.75, 3.05) is 31.9 Å². The van der Waals surface area contributed by atoms with Crippen LogP contribution in [0.2, 0.25) is 0 Å². The first kappa shape index (κ1) is 19.5. The highest BCUT2D eigenvalue weighted by Crippen LogP contribution is 2.23. The van der Waals surface area contributed by atoms with Crippen LogP contribution in [-0.2, 0) is 11.3 Å². The quantitative estimate of drug-likeness (QED) is 0.481. The number of fused-ring (bicyclic) bond motifs is 3. The minimum atomic E-state index is 0.137. The number of hydrogen-bond acceptors (Lipinski definition) is 7. The number of aromatic nitrogens is 4. The first-order valence-electron chi connectivity index (χ1n) is 10.0. The van der Waals surface area contributed by atoms with E-state index < -0.39 is 0 Å². The highest BCUT2D eigenvalue weighted by Gasteiger charge is 2.20. The predicted molar refractivity (Wildman–Crippen MR) is 121 cm³/mol. The van der Waals surface area contributed by atoms with Crippen LogP contribution in [0.15, 0.2) is 46.2 Å². The van der Waals surface area contributed by atoms with E-state index in [2.05, 4.69) is 41.9 Å². The molecule has 4 heterocycles. The molecule has 154 valence electrons. The van der Waals surface area contributed by atoms with Crippen LogP contribution in [0.4, 0.5) is 0 Å². The van der Waals surface area contributed by atoms with Gasteiger partial charge < -0.3 is 9.88 Å². The highest BCUT2D eigenvalue weighted by atomic mass is 32.2. The van der Waals surface area contributed by atoms with Gasteiger partial charge in [0.1, 0.15) is 5.52 Å². The lowest BCUT2D eigenvalue weighted by molar-refractivity contribution is -0.128. The minimum Gasteiger partial charge on any atom is -0.341 e. The van der Waals surface area contributed by atoms with E-state index in [0.29, 0.717) is 16.6 Å². The average molecular weight is 439 g/mol. The number of carbonyl (C=O) groups excluding carboxylic acids is 1. The Morgan fingerprint density at radius 2 is 2.07 bits per heavy atom. The summed E-state index contributed by atoms with van der Waals surface area (Å²) in [6.07, 6.45) is 1.000. The number of carbonyl (C=O) groups is 1. The second kappa shape index (κ2) is 8.71. The Kier molecular flexibility index (Phi) is 5.65. The topological polar surface area (TPSA) is 78.0 Å². The smallest absolute Gasteiger partial charge is 0.233 e. The number of thioether (sulfide) groups is 1. The Hall–Kier alpha value is -2.49. The fraction of sp³-hybridized carbons (Fsp3) is 0.333. The molecule has 7 nitrogen and oxygen atoms in total. The van der Waals surface area contributed by atoms with Gasteiger partial charge in [-0.1, -0.05) is 30.0 Å².